The minimum atomic E-state index is -3.66. The summed E-state index contributed by atoms with van der Waals surface area (Å²) in [5, 5.41) is 11.5. The Kier molecular flexibility index (Phi) is 5.02. The average molecular weight is 410 g/mol. The van der Waals surface area contributed by atoms with Crippen molar-refractivity contribution in [3.63, 3.8) is 0 Å². The third kappa shape index (κ3) is 3.84. The highest BCUT2D eigenvalue weighted by Crippen LogP contribution is 2.28. The van der Waals surface area contributed by atoms with Gasteiger partial charge in [0.2, 0.25) is 5.88 Å². The van der Waals surface area contributed by atoms with Crippen molar-refractivity contribution in [1.82, 2.24) is 0 Å². The van der Waals surface area contributed by atoms with E-state index in [2.05, 4.69) is 17.0 Å². The van der Waals surface area contributed by atoms with Crippen molar-refractivity contribution in [3.05, 3.63) is 72.0 Å². The van der Waals surface area contributed by atoms with Crippen LogP contribution in [0, 0.1) is 5.41 Å². The minimum absolute atomic E-state index is 0.232. The first-order valence-corrected chi connectivity index (χ1v) is 10.9. The summed E-state index contributed by atoms with van der Waals surface area (Å²) in [6.45, 7) is 2.49. The van der Waals surface area contributed by atoms with Crippen LogP contribution in [0.15, 0.2) is 70.2 Å². The Hall–Kier alpha value is -3.26. The molecule has 8 heteroatoms. The van der Waals surface area contributed by atoms with Gasteiger partial charge in [-0.25, -0.2) is 8.42 Å². The largest absolute Gasteiger partial charge is 0.448 e. The first-order chi connectivity index (χ1) is 14.0. The topological polar surface area (TPSA) is 98.4 Å². The molecule has 2 heterocycles. The van der Waals surface area contributed by atoms with Gasteiger partial charge in [0.1, 0.15) is 5.84 Å². The summed E-state index contributed by atoms with van der Waals surface area (Å²) < 4.78 is 33.2. The molecule has 0 spiro atoms. The first kappa shape index (κ1) is 19.1. The van der Waals surface area contributed by atoms with Crippen molar-refractivity contribution in [2.75, 3.05) is 21.6 Å². The van der Waals surface area contributed by atoms with E-state index in [-0.39, 0.29) is 4.90 Å². The summed E-state index contributed by atoms with van der Waals surface area (Å²) in [5.74, 6) is 0.911. The van der Waals surface area contributed by atoms with E-state index in [1.807, 2.05) is 12.1 Å². The number of nitrogens with one attached hydrogen (secondary N) is 3. The summed E-state index contributed by atoms with van der Waals surface area (Å²) >= 11 is 0. The second-order valence-corrected chi connectivity index (χ2v) is 8.50. The van der Waals surface area contributed by atoms with Crippen LogP contribution >= 0.6 is 0 Å². The third-order valence-electron chi connectivity index (χ3n) is 4.79. The van der Waals surface area contributed by atoms with Crippen LogP contribution in [0.2, 0.25) is 0 Å². The second kappa shape index (κ2) is 7.63. The van der Waals surface area contributed by atoms with Gasteiger partial charge in [-0.2, -0.15) is 0 Å². The van der Waals surface area contributed by atoms with Gasteiger partial charge in [0.05, 0.1) is 23.4 Å². The van der Waals surface area contributed by atoms with Crippen LogP contribution in [0.5, 0.6) is 0 Å². The van der Waals surface area contributed by atoms with Gasteiger partial charge in [-0.3, -0.25) is 10.1 Å². The fourth-order valence-corrected chi connectivity index (χ4v) is 4.33. The molecule has 1 aliphatic rings. The Balaban J connectivity index is 1.49. The normalized spacial score (nSPS) is 13.7. The molecule has 2 aromatic carbocycles. The molecule has 0 saturated heterocycles. The Morgan fingerprint density at radius 1 is 1.10 bits per heavy atom. The molecule has 29 heavy (non-hydrogen) atoms. The Morgan fingerprint density at radius 3 is 2.52 bits per heavy atom. The van der Waals surface area contributed by atoms with Crippen molar-refractivity contribution in [1.29, 1.82) is 5.41 Å². The zero-order chi connectivity index (χ0) is 20.4. The fourth-order valence-electron chi connectivity index (χ4n) is 3.28. The molecule has 3 N–H and O–H groups in total. The van der Waals surface area contributed by atoms with Gasteiger partial charge in [-0.1, -0.05) is 25.5 Å². The van der Waals surface area contributed by atoms with Crippen LogP contribution in [0.1, 0.15) is 24.5 Å². The lowest BCUT2D eigenvalue weighted by Gasteiger charge is -2.29. The molecule has 150 valence electrons. The molecule has 0 bridgehead atoms. The third-order valence-corrected chi connectivity index (χ3v) is 6.19. The molecule has 1 aromatic heterocycles. The molecule has 0 saturated carbocycles. The van der Waals surface area contributed by atoms with Gasteiger partial charge in [0.25, 0.3) is 10.0 Å². The maximum atomic E-state index is 12.6. The Bertz CT molecular complexity index is 1120. The maximum Gasteiger partial charge on any atom is 0.261 e. The van der Waals surface area contributed by atoms with Gasteiger partial charge >= 0.3 is 0 Å². The van der Waals surface area contributed by atoms with Gasteiger partial charge in [-0.05, 0) is 54.4 Å². The molecule has 0 aliphatic carbocycles. The summed E-state index contributed by atoms with van der Waals surface area (Å²) in [6.07, 6.45) is 3.49. The predicted octanol–water partition coefficient (Wildman–Crippen LogP) is 4.25. The molecule has 4 rings (SSSR count). The molecule has 3 aromatic rings. The molecule has 0 radical (unpaired) electrons. The minimum Gasteiger partial charge on any atom is -0.448 e. The number of fused-ring (bicyclic) bond motifs is 1. The summed E-state index contributed by atoms with van der Waals surface area (Å²) in [7, 11) is -3.66. The lowest BCUT2D eigenvalue weighted by Crippen LogP contribution is -2.39. The van der Waals surface area contributed by atoms with Crippen LogP contribution in [-0.4, -0.2) is 20.9 Å². The highest BCUT2D eigenvalue weighted by molar-refractivity contribution is 7.92. The second-order valence-electron chi connectivity index (χ2n) is 6.82. The lowest BCUT2D eigenvalue weighted by molar-refractivity contribution is 0.577. The van der Waals surface area contributed by atoms with E-state index in [4.69, 9.17) is 9.83 Å². The number of hydrogen-bond donors (Lipinski definition) is 3. The molecule has 1 aliphatic heterocycles. The van der Waals surface area contributed by atoms with Crippen LogP contribution in [0.25, 0.3) is 0 Å². The number of amidine groups is 1. The van der Waals surface area contributed by atoms with Crippen LogP contribution < -0.4 is 14.9 Å². The van der Waals surface area contributed by atoms with Crippen molar-refractivity contribution in [2.24, 2.45) is 0 Å². The van der Waals surface area contributed by atoms with Crippen molar-refractivity contribution in [3.8, 4) is 0 Å². The number of nitrogens with zero attached hydrogens (tertiary/aromatic N) is 1. The Labute approximate surface area is 169 Å². The van der Waals surface area contributed by atoms with E-state index in [0.29, 0.717) is 29.6 Å². The van der Waals surface area contributed by atoms with Crippen molar-refractivity contribution in [2.45, 2.75) is 24.7 Å². The number of rotatable bonds is 6. The van der Waals surface area contributed by atoms with E-state index in [1.165, 1.54) is 0 Å². The number of anilines is 3. The molecule has 0 atom stereocenters. The highest BCUT2D eigenvalue weighted by Gasteiger charge is 2.24. The molecule has 7 nitrogen and oxygen atoms in total. The van der Waals surface area contributed by atoms with E-state index < -0.39 is 10.0 Å². The Morgan fingerprint density at radius 2 is 1.83 bits per heavy atom. The molecule has 0 unspecified atom stereocenters. The van der Waals surface area contributed by atoms with Crippen LogP contribution in [-0.2, 0) is 16.4 Å². The number of hydrogen-bond acceptors (Lipinski definition) is 5. The number of benzene rings is 2. The van der Waals surface area contributed by atoms with Crippen molar-refractivity contribution >= 4 is 33.1 Å². The maximum absolute atomic E-state index is 12.6. The number of aryl methyl sites for hydroxylation is 1. The fraction of sp³-hybridized carbons (Fsp3) is 0.190. The van der Waals surface area contributed by atoms with E-state index in [1.54, 1.807) is 53.6 Å². The van der Waals surface area contributed by atoms with Gasteiger partial charge < -0.3 is 14.6 Å². The summed E-state index contributed by atoms with van der Waals surface area (Å²) in [4.78, 5) is 2.01. The zero-order valence-electron chi connectivity index (χ0n) is 16.0. The predicted molar refractivity (Wildman–Crippen MR) is 114 cm³/mol. The zero-order valence-corrected chi connectivity index (χ0v) is 16.8. The standard InChI is InChI=1S/C21H22N4O3S/c1-2-3-15-4-10-18(11-5-15)29(26,27)24-16-6-8-17(9-7-16)25-14-23-21-19(20(25)22)12-13-28-21/h4-13,22-24H,2-3,14H2,1H3. The summed E-state index contributed by atoms with van der Waals surface area (Å²) in [6, 6.07) is 15.6. The van der Waals surface area contributed by atoms with Crippen LogP contribution in [0.3, 0.4) is 0 Å². The molecular formula is C21H22N4O3S. The van der Waals surface area contributed by atoms with Gasteiger partial charge in [0, 0.05) is 11.4 Å². The first-order valence-electron chi connectivity index (χ1n) is 9.37. The smallest absolute Gasteiger partial charge is 0.261 e. The number of furan rings is 1. The highest BCUT2D eigenvalue weighted by atomic mass is 32.2. The molecular weight excluding hydrogens is 388 g/mol. The van der Waals surface area contributed by atoms with E-state index in [9.17, 15) is 8.42 Å². The van der Waals surface area contributed by atoms with Crippen LogP contribution in [0.4, 0.5) is 17.3 Å². The SMILES string of the molecule is CCCc1ccc(S(=O)(=O)Nc2ccc(N3CNc4occc4C3=N)cc2)cc1. The quantitative estimate of drug-likeness (QED) is 0.564. The molecule has 0 amide bonds. The average Bonchev–Trinajstić information content (AvgIpc) is 3.19. The van der Waals surface area contributed by atoms with E-state index >= 15 is 0 Å². The summed E-state index contributed by atoms with van der Waals surface area (Å²) in [5.41, 5.74) is 3.05. The van der Waals surface area contributed by atoms with Gasteiger partial charge in [0.15, 0.2) is 0 Å². The van der Waals surface area contributed by atoms with E-state index in [0.717, 1.165) is 24.1 Å². The van der Waals surface area contributed by atoms with Crippen molar-refractivity contribution < 1.29 is 12.8 Å². The lowest BCUT2D eigenvalue weighted by atomic mass is 10.1. The van der Waals surface area contributed by atoms with Gasteiger partial charge in [-0.15, -0.1) is 0 Å². The monoisotopic (exact) mass is 410 g/mol. The number of sulfonamides is 1. The molecule has 0 fully saturated rings.